The van der Waals surface area contributed by atoms with Crippen molar-refractivity contribution in [2.45, 2.75) is 18.9 Å². The third-order valence-electron chi connectivity index (χ3n) is 5.78. The molecule has 1 unspecified atom stereocenters. The van der Waals surface area contributed by atoms with Gasteiger partial charge in [0.05, 0.1) is 0 Å². The molecule has 31 heavy (non-hydrogen) atoms. The smallest absolute Gasteiger partial charge is 0.253 e. The molecule has 1 fully saturated rings. The SMILES string of the molecule is Cn1ccnc1C(NC(=O)C1CCN(C(=O)c2ccc(Br)cc2)CC1)c1ccccc1. The van der Waals surface area contributed by atoms with Crippen molar-refractivity contribution >= 4 is 27.7 Å². The predicted molar refractivity (Wildman–Crippen MR) is 122 cm³/mol. The molecule has 2 amide bonds. The van der Waals surface area contributed by atoms with Crippen molar-refractivity contribution in [1.82, 2.24) is 19.8 Å². The number of imidazole rings is 1. The fourth-order valence-electron chi connectivity index (χ4n) is 3.98. The van der Waals surface area contributed by atoms with Gasteiger partial charge in [-0.25, -0.2) is 4.98 Å². The standard InChI is InChI=1S/C24H25BrN4O2/c1-28-16-13-26-22(28)21(17-5-3-2-4-6-17)27-23(30)18-11-14-29(15-12-18)24(31)19-7-9-20(25)10-8-19/h2-10,13,16,18,21H,11-12,14-15H2,1H3,(H,27,30). The van der Waals surface area contributed by atoms with Gasteiger partial charge >= 0.3 is 0 Å². The molecule has 1 aliphatic rings. The quantitative estimate of drug-likeness (QED) is 0.601. The van der Waals surface area contributed by atoms with E-state index in [2.05, 4.69) is 26.2 Å². The molecule has 1 N–H and O–H groups in total. The Balaban J connectivity index is 1.41. The molecule has 0 bridgehead atoms. The molecule has 160 valence electrons. The summed E-state index contributed by atoms with van der Waals surface area (Å²) in [5, 5.41) is 3.20. The van der Waals surface area contributed by atoms with Gasteiger partial charge in [-0.3, -0.25) is 9.59 Å². The minimum atomic E-state index is -0.309. The van der Waals surface area contributed by atoms with E-state index in [0.717, 1.165) is 15.9 Å². The fraction of sp³-hybridized carbons (Fsp3) is 0.292. The van der Waals surface area contributed by atoms with E-state index in [1.807, 2.05) is 77.3 Å². The second-order valence-electron chi connectivity index (χ2n) is 7.82. The highest BCUT2D eigenvalue weighted by atomic mass is 79.9. The molecule has 4 rings (SSSR count). The zero-order valence-corrected chi connectivity index (χ0v) is 19.0. The predicted octanol–water partition coefficient (Wildman–Crippen LogP) is 3.94. The number of halogens is 1. The lowest BCUT2D eigenvalue weighted by Gasteiger charge is -2.32. The maximum Gasteiger partial charge on any atom is 0.253 e. The Kier molecular flexibility index (Phi) is 6.51. The first kappa shape index (κ1) is 21.3. The topological polar surface area (TPSA) is 67.2 Å². The molecule has 0 spiro atoms. The fourth-order valence-corrected chi connectivity index (χ4v) is 4.24. The highest BCUT2D eigenvalue weighted by molar-refractivity contribution is 9.10. The summed E-state index contributed by atoms with van der Waals surface area (Å²) >= 11 is 3.39. The number of nitrogens with one attached hydrogen (secondary N) is 1. The average Bonchev–Trinajstić information content (AvgIpc) is 3.23. The number of carbonyl (C=O) groups is 2. The first-order valence-electron chi connectivity index (χ1n) is 10.4. The Morgan fingerprint density at radius 2 is 1.74 bits per heavy atom. The van der Waals surface area contributed by atoms with Gasteiger partial charge in [0, 0.05) is 48.5 Å². The molecule has 3 aromatic rings. The lowest BCUT2D eigenvalue weighted by atomic mass is 9.94. The van der Waals surface area contributed by atoms with Crippen LogP contribution in [0, 0.1) is 5.92 Å². The largest absolute Gasteiger partial charge is 0.342 e. The summed E-state index contributed by atoms with van der Waals surface area (Å²) in [6.07, 6.45) is 4.92. The van der Waals surface area contributed by atoms with Gasteiger partial charge in [0.1, 0.15) is 11.9 Å². The molecule has 0 aliphatic carbocycles. The number of carbonyl (C=O) groups excluding carboxylic acids is 2. The van der Waals surface area contributed by atoms with Gasteiger partial charge in [-0.15, -0.1) is 0 Å². The monoisotopic (exact) mass is 480 g/mol. The van der Waals surface area contributed by atoms with Crippen molar-refractivity contribution in [3.8, 4) is 0 Å². The minimum absolute atomic E-state index is 0.00703. The Morgan fingerprint density at radius 3 is 2.35 bits per heavy atom. The molecular weight excluding hydrogens is 456 g/mol. The highest BCUT2D eigenvalue weighted by Gasteiger charge is 2.30. The molecule has 7 heteroatoms. The van der Waals surface area contributed by atoms with E-state index in [1.165, 1.54) is 0 Å². The van der Waals surface area contributed by atoms with E-state index in [4.69, 9.17) is 0 Å². The first-order valence-corrected chi connectivity index (χ1v) is 11.2. The Hall–Kier alpha value is -2.93. The van der Waals surface area contributed by atoms with Crippen LogP contribution >= 0.6 is 15.9 Å². The number of likely N-dealkylation sites (tertiary alicyclic amines) is 1. The second-order valence-corrected chi connectivity index (χ2v) is 8.74. The third kappa shape index (κ3) is 4.88. The van der Waals surface area contributed by atoms with Gasteiger partial charge in [0.25, 0.3) is 5.91 Å². The highest BCUT2D eigenvalue weighted by Crippen LogP contribution is 2.24. The van der Waals surface area contributed by atoms with Crippen LogP contribution in [0.1, 0.15) is 40.6 Å². The van der Waals surface area contributed by atoms with Gasteiger partial charge in [0.15, 0.2) is 0 Å². The van der Waals surface area contributed by atoms with Crippen LogP contribution < -0.4 is 5.32 Å². The van der Waals surface area contributed by atoms with E-state index < -0.39 is 0 Å². The molecule has 1 aliphatic heterocycles. The average molecular weight is 481 g/mol. The molecule has 1 atom stereocenters. The zero-order valence-electron chi connectivity index (χ0n) is 17.4. The number of aromatic nitrogens is 2. The molecule has 1 saturated heterocycles. The molecule has 2 heterocycles. The van der Waals surface area contributed by atoms with E-state index in [1.54, 1.807) is 6.20 Å². The van der Waals surface area contributed by atoms with Crippen LogP contribution in [-0.2, 0) is 11.8 Å². The van der Waals surface area contributed by atoms with Crippen molar-refractivity contribution < 1.29 is 9.59 Å². The van der Waals surface area contributed by atoms with Crippen LogP contribution in [0.2, 0.25) is 0 Å². The van der Waals surface area contributed by atoms with Gasteiger partial charge < -0.3 is 14.8 Å². The van der Waals surface area contributed by atoms with Gasteiger partial charge in [-0.1, -0.05) is 46.3 Å². The van der Waals surface area contributed by atoms with E-state index in [-0.39, 0.29) is 23.8 Å². The van der Waals surface area contributed by atoms with Crippen LogP contribution in [0.5, 0.6) is 0 Å². The van der Waals surface area contributed by atoms with Crippen LogP contribution in [0.25, 0.3) is 0 Å². The van der Waals surface area contributed by atoms with Gasteiger partial charge in [-0.2, -0.15) is 0 Å². The third-order valence-corrected chi connectivity index (χ3v) is 6.31. The number of aryl methyl sites for hydroxylation is 1. The number of amides is 2. The Morgan fingerprint density at radius 1 is 1.06 bits per heavy atom. The van der Waals surface area contributed by atoms with Crippen LogP contribution in [0.4, 0.5) is 0 Å². The van der Waals surface area contributed by atoms with Crippen LogP contribution in [0.3, 0.4) is 0 Å². The molecule has 1 aromatic heterocycles. The lowest BCUT2D eigenvalue weighted by Crippen LogP contribution is -2.44. The number of nitrogens with zero attached hydrogens (tertiary/aromatic N) is 3. The van der Waals surface area contributed by atoms with Gasteiger partial charge in [0.2, 0.25) is 5.91 Å². The first-order chi connectivity index (χ1) is 15.0. The summed E-state index contributed by atoms with van der Waals surface area (Å²) in [5.41, 5.74) is 1.66. The van der Waals surface area contributed by atoms with E-state index >= 15 is 0 Å². The molecular formula is C24H25BrN4O2. The molecule has 6 nitrogen and oxygen atoms in total. The minimum Gasteiger partial charge on any atom is -0.342 e. The Bertz CT molecular complexity index is 1040. The zero-order chi connectivity index (χ0) is 21.8. The van der Waals surface area contributed by atoms with Crippen molar-refractivity contribution in [2.75, 3.05) is 13.1 Å². The van der Waals surface area contributed by atoms with Crippen molar-refractivity contribution in [3.05, 3.63) is 88.4 Å². The van der Waals surface area contributed by atoms with Crippen molar-refractivity contribution in [2.24, 2.45) is 13.0 Å². The number of benzene rings is 2. The normalized spacial score (nSPS) is 15.5. The number of rotatable bonds is 5. The lowest BCUT2D eigenvalue weighted by molar-refractivity contribution is -0.126. The Labute approximate surface area is 190 Å². The van der Waals surface area contributed by atoms with Crippen LogP contribution in [-0.4, -0.2) is 39.4 Å². The molecule has 2 aromatic carbocycles. The second kappa shape index (κ2) is 9.47. The van der Waals surface area contributed by atoms with E-state index in [9.17, 15) is 9.59 Å². The summed E-state index contributed by atoms with van der Waals surface area (Å²) < 4.78 is 2.87. The summed E-state index contributed by atoms with van der Waals surface area (Å²) in [6.45, 7) is 1.15. The summed E-state index contributed by atoms with van der Waals surface area (Å²) in [5.74, 6) is 0.692. The number of hydrogen-bond acceptors (Lipinski definition) is 3. The van der Waals surface area contributed by atoms with E-state index in [0.29, 0.717) is 31.5 Å². The number of piperidine rings is 1. The summed E-state index contributed by atoms with van der Waals surface area (Å²) in [7, 11) is 1.93. The molecule has 0 saturated carbocycles. The maximum absolute atomic E-state index is 13.1. The van der Waals surface area contributed by atoms with Gasteiger partial charge in [-0.05, 0) is 42.7 Å². The van der Waals surface area contributed by atoms with Crippen molar-refractivity contribution in [1.29, 1.82) is 0 Å². The summed E-state index contributed by atoms with van der Waals surface area (Å²) in [4.78, 5) is 32.1. The number of hydrogen-bond donors (Lipinski definition) is 1. The van der Waals surface area contributed by atoms with Crippen LogP contribution in [0.15, 0.2) is 71.5 Å². The molecule has 0 radical (unpaired) electrons. The maximum atomic E-state index is 13.1. The van der Waals surface area contributed by atoms with Crippen molar-refractivity contribution in [3.63, 3.8) is 0 Å². The summed E-state index contributed by atoms with van der Waals surface area (Å²) in [6, 6.07) is 17.0.